The summed E-state index contributed by atoms with van der Waals surface area (Å²) in [5, 5.41) is 11.8. The zero-order valence-corrected chi connectivity index (χ0v) is 13.7. The molecule has 0 bridgehead atoms. The minimum atomic E-state index is -0.808. The largest absolute Gasteiger partial charge is 0.481 e. The maximum absolute atomic E-state index is 12.5. The second kappa shape index (κ2) is 6.63. The quantitative estimate of drug-likeness (QED) is 0.856. The smallest absolute Gasteiger partial charge is 0.306 e. The van der Waals surface area contributed by atoms with Gasteiger partial charge in [0.15, 0.2) is 0 Å². The molecule has 24 heavy (non-hydrogen) atoms. The third-order valence-electron chi connectivity index (χ3n) is 4.94. The Kier molecular flexibility index (Phi) is 4.55. The Labute approximate surface area is 140 Å². The summed E-state index contributed by atoms with van der Waals surface area (Å²) >= 11 is 0. The van der Waals surface area contributed by atoms with Crippen molar-refractivity contribution in [3.63, 3.8) is 0 Å². The molecule has 6 nitrogen and oxygen atoms in total. The number of rotatable bonds is 5. The molecule has 2 amide bonds. The molecule has 2 fully saturated rings. The van der Waals surface area contributed by atoms with E-state index in [1.807, 2.05) is 31.2 Å². The molecular weight excluding hydrogens is 308 g/mol. The topological polar surface area (TPSA) is 86.7 Å². The Bertz CT molecular complexity index is 649. The van der Waals surface area contributed by atoms with Crippen molar-refractivity contribution in [1.82, 2.24) is 10.2 Å². The molecule has 6 heteroatoms. The summed E-state index contributed by atoms with van der Waals surface area (Å²) in [5.41, 5.74) is 2.15. The van der Waals surface area contributed by atoms with Gasteiger partial charge in [0, 0.05) is 19.0 Å². The van der Waals surface area contributed by atoms with Gasteiger partial charge in [-0.1, -0.05) is 29.8 Å². The van der Waals surface area contributed by atoms with Crippen molar-refractivity contribution in [3.8, 4) is 0 Å². The molecule has 2 N–H and O–H groups in total. The fourth-order valence-corrected chi connectivity index (χ4v) is 3.33. The molecule has 1 aliphatic carbocycles. The third-order valence-corrected chi connectivity index (χ3v) is 4.94. The molecule has 3 rings (SSSR count). The first-order chi connectivity index (χ1) is 11.4. The average Bonchev–Trinajstić information content (AvgIpc) is 2.85. The molecule has 1 saturated heterocycles. The SMILES string of the molecule is Cc1ccc(CN2C(=O)CCC2C(=O)NC2CC(C(=O)O)C2)cc1. The summed E-state index contributed by atoms with van der Waals surface area (Å²) in [4.78, 5) is 37.1. The van der Waals surface area contributed by atoms with Gasteiger partial charge < -0.3 is 15.3 Å². The number of hydrogen-bond acceptors (Lipinski definition) is 3. The number of nitrogens with one attached hydrogen (secondary N) is 1. The van der Waals surface area contributed by atoms with E-state index in [9.17, 15) is 14.4 Å². The number of carboxylic acids is 1. The van der Waals surface area contributed by atoms with Crippen LogP contribution in [0.15, 0.2) is 24.3 Å². The van der Waals surface area contributed by atoms with E-state index in [0.29, 0.717) is 32.2 Å². The highest BCUT2D eigenvalue weighted by Gasteiger charge is 2.40. The normalized spacial score (nSPS) is 26.1. The van der Waals surface area contributed by atoms with Crippen LogP contribution in [0.1, 0.15) is 36.8 Å². The molecule has 1 aromatic rings. The summed E-state index contributed by atoms with van der Waals surface area (Å²) in [6.07, 6.45) is 1.84. The van der Waals surface area contributed by atoms with Crippen LogP contribution in [-0.2, 0) is 20.9 Å². The van der Waals surface area contributed by atoms with E-state index in [0.717, 1.165) is 11.1 Å². The Hall–Kier alpha value is -2.37. The van der Waals surface area contributed by atoms with Crippen molar-refractivity contribution in [2.75, 3.05) is 0 Å². The van der Waals surface area contributed by atoms with Gasteiger partial charge in [0.25, 0.3) is 0 Å². The minimum Gasteiger partial charge on any atom is -0.481 e. The maximum Gasteiger partial charge on any atom is 0.306 e. The van der Waals surface area contributed by atoms with Crippen molar-refractivity contribution in [2.45, 2.75) is 51.2 Å². The van der Waals surface area contributed by atoms with Crippen LogP contribution in [0.3, 0.4) is 0 Å². The van der Waals surface area contributed by atoms with E-state index in [2.05, 4.69) is 5.32 Å². The van der Waals surface area contributed by atoms with E-state index in [1.54, 1.807) is 4.90 Å². The lowest BCUT2D eigenvalue weighted by molar-refractivity contribution is -0.146. The van der Waals surface area contributed by atoms with Crippen LogP contribution in [0, 0.1) is 12.8 Å². The average molecular weight is 330 g/mol. The van der Waals surface area contributed by atoms with Crippen LogP contribution in [0.4, 0.5) is 0 Å². The number of carboxylic acid groups (broad SMARTS) is 1. The lowest BCUT2D eigenvalue weighted by Gasteiger charge is -2.34. The van der Waals surface area contributed by atoms with Crippen LogP contribution in [0.5, 0.6) is 0 Å². The Morgan fingerprint density at radius 1 is 1.25 bits per heavy atom. The van der Waals surface area contributed by atoms with Gasteiger partial charge in [0.05, 0.1) is 5.92 Å². The first kappa shape index (κ1) is 16.5. The Morgan fingerprint density at radius 2 is 1.92 bits per heavy atom. The fraction of sp³-hybridized carbons (Fsp3) is 0.500. The van der Waals surface area contributed by atoms with Crippen molar-refractivity contribution in [2.24, 2.45) is 5.92 Å². The maximum atomic E-state index is 12.5. The second-order valence-corrected chi connectivity index (χ2v) is 6.77. The molecule has 0 aromatic heterocycles. The standard InChI is InChI=1S/C18H22N2O4/c1-11-2-4-12(5-3-11)10-20-15(6-7-16(20)21)17(22)19-14-8-13(9-14)18(23)24/h2-5,13-15H,6-10H2,1H3,(H,19,22)(H,23,24). The van der Waals surface area contributed by atoms with Crippen LogP contribution in [0.2, 0.25) is 0 Å². The van der Waals surface area contributed by atoms with E-state index in [-0.39, 0.29) is 23.8 Å². The molecular formula is C18H22N2O4. The van der Waals surface area contributed by atoms with Gasteiger partial charge in [-0.05, 0) is 31.7 Å². The van der Waals surface area contributed by atoms with Gasteiger partial charge in [0.1, 0.15) is 6.04 Å². The summed E-state index contributed by atoms with van der Waals surface area (Å²) in [6.45, 7) is 2.43. The zero-order chi connectivity index (χ0) is 17.3. The number of hydrogen-bond donors (Lipinski definition) is 2. The van der Waals surface area contributed by atoms with Crippen molar-refractivity contribution >= 4 is 17.8 Å². The van der Waals surface area contributed by atoms with Gasteiger partial charge in [-0.2, -0.15) is 0 Å². The number of carbonyl (C=O) groups excluding carboxylic acids is 2. The molecule has 0 spiro atoms. The summed E-state index contributed by atoms with van der Waals surface area (Å²) in [5.74, 6) is -1.34. The molecule has 1 aromatic carbocycles. The number of aliphatic carboxylic acids is 1. The predicted molar refractivity (Wildman–Crippen MR) is 87.0 cm³/mol. The van der Waals surface area contributed by atoms with Gasteiger partial charge >= 0.3 is 5.97 Å². The monoisotopic (exact) mass is 330 g/mol. The number of amides is 2. The second-order valence-electron chi connectivity index (χ2n) is 6.77. The van der Waals surface area contributed by atoms with Gasteiger partial charge in [-0.15, -0.1) is 0 Å². The summed E-state index contributed by atoms with van der Waals surface area (Å²) in [7, 11) is 0. The van der Waals surface area contributed by atoms with Gasteiger partial charge in [0.2, 0.25) is 11.8 Å². The van der Waals surface area contributed by atoms with E-state index in [4.69, 9.17) is 5.11 Å². The number of nitrogens with zero attached hydrogens (tertiary/aromatic N) is 1. The molecule has 1 unspecified atom stereocenters. The fourth-order valence-electron chi connectivity index (χ4n) is 3.33. The molecule has 1 atom stereocenters. The van der Waals surface area contributed by atoms with Crippen molar-refractivity contribution < 1.29 is 19.5 Å². The summed E-state index contributed by atoms with van der Waals surface area (Å²) < 4.78 is 0. The van der Waals surface area contributed by atoms with E-state index >= 15 is 0 Å². The number of carbonyl (C=O) groups is 3. The van der Waals surface area contributed by atoms with Crippen LogP contribution < -0.4 is 5.32 Å². The minimum absolute atomic E-state index is 0.00672. The van der Waals surface area contributed by atoms with Crippen molar-refractivity contribution in [3.05, 3.63) is 35.4 Å². The number of likely N-dealkylation sites (tertiary alicyclic amines) is 1. The zero-order valence-electron chi connectivity index (χ0n) is 13.7. The summed E-state index contributed by atoms with van der Waals surface area (Å²) in [6, 6.07) is 7.38. The Morgan fingerprint density at radius 3 is 2.54 bits per heavy atom. The van der Waals surface area contributed by atoms with Crippen molar-refractivity contribution in [1.29, 1.82) is 0 Å². The Balaban J connectivity index is 1.59. The molecule has 0 radical (unpaired) electrons. The lowest BCUT2D eigenvalue weighted by atomic mass is 9.80. The highest BCUT2D eigenvalue weighted by Crippen LogP contribution is 2.28. The highest BCUT2D eigenvalue weighted by atomic mass is 16.4. The molecule has 1 saturated carbocycles. The van der Waals surface area contributed by atoms with Crippen LogP contribution >= 0.6 is 0 Å². The predicted octanol–water partition coefficient (Wildman–Crippen LogP) is 1.47. The highest BCUT2D eigenvalue weighted by molar-refractivity contribution is 5.91. The lowest BCUT2D eigenvalue weighted by Crippen LogP contribution is -2.52. The van der Waals surface area contributed by atoms with Gasteiger partial charge in [-0.3, -0.25) is 14.4 Å². The van der Waals surface area contributed by atoms with E-state index < -0.39 is 12.0 Å². The number of aryl methyl sites for hydroxylation is 1. The third kappa shape index (κ3) is 3.42. The molecule has 2 aliphatic rings. The van der Waals surface area contributed by atoms with E-state index in [1.165, 1.54) is 0 Å². The molecule has 1 aliphatic heterocycles. The first-order valence-electron chi connectivity index (χ1n) is 8.32. The molecule has 128 valence electrons. The first-order valence-corrected chi connectivity index (χ1v) is 8.32. The van der Waals surface area contributed by atoms with Gasteiger partial charge in [-0.25, -0.2) is 0 Å². The number of benzene rings is 1. The molecule has 1 heterocycles. The van der Waals surface area contributed by atoms with Crippen LogP contribution in [0.25, 0.3) is 0 Å². The van der Waals surface area contributed by atoms with Crippen LogP contribution in [-0.4, -0.2) is 39.9 Å².